The molecule has 1 aliphatic heterocycles. The zero-order chi connectivity index (χ0) is 24.7. The van der Waals surface area contributed by atoms with Crippen LogP contribution in [0.1, 0.15) is 86.1 Å². The summed E-state index contributed by atoms with van der Waals surface area (Å²) in [6.45, 7) is 7.94. The van der Waals surface area contributed by atoms with Crippen molar-refractivity contribution in [3.63, 3.8) is 0 Å². The Morgan fingerprint density at radius 1 is 1.00 bits per heavy atom. The van der Waals surface area contributed by atoms with E-state index in [1.54, 1.807) is 0 Å². The van der Waals surface area contributed by atoms with Crippen LogP contribution in [0.15, 0.2) is 65.2 Å². The van der Waals surface area contributed by atoms with Gasteiger partial charge in [0, 0.05) is 6.54 Å². The van der Waals surface area contributed by atoms with Crippen molar-refractivity contribution in [3.05, 3.63) is 89.1 Å². The van der Waals surface area contributed by atoms with E-state index < -0.39 is 0 Å². The zero-order valence-corrected chi connectivity index (χ0v) is 22.1. The number of aryl methyl sites for hydroxylation is 1. The van der Waals surface area contributed by atoms with Gasteiger partial charge < -0.3 is 9.15 Å². The topological polar surface area (TPSA) is 38.5 Å². The summed E-state index contributed by atoms with van der Waals surface area (Å²) in [6.07, 6.45) is 11.1. The predicted molar refractivity (Wildman–Crippen MR) is 145 cm³/mol. The van der Waals surface area contributed by atoms with E-state index >= 15 is 0 Å². The summed E-state index contributed by atoms with van der Waals surface area (Å²) in [5.74, 6) is 3.38. The number of rotatable bonds is 9. The molecular formula is C32H42N2O2. The van der Waals surface area contributed by atoms with E-state index in [-0.39, 0.29) is 12.0 Å². The third-order valence-corrected chi connectivity index (χ3v) is 8.39. The summed E-state index contributed by atoms with van der Waals surface area (Å²) in [4.78, 5) is 7.34. The molecule has 1 aliphatic carbocycles. The third-order valence-electron chi connectivity index (χ3n) is 8.39. The fraction of sp³-hybridized carbons (Fsp3) is 0.531. The lowest BCUT2D eigenvalue weighted by atomic mass is 9.77. The van der Waals surface area contributed by atoms with E-state index in [4.69, 9.17) is 14.1 Å². The highest BCUT2D eigenvalue weighted by Crippen LogP contribution is 2.40. The molecule has 0 amide bonds. The minimum Gasteiger partial charge on any atom is -0.444 e. The molecule has 5 rings (SSSR count). The first-order chi connectivity index (χ1) is 17.7. The second kappa shape index (κ2) is 12.2. The van der Waals surface area contributed by atoms with Crippen molar-refractivity contribution >= 4 is 0 Å². The van der Waals surface area contributed by atoms with Gasteiger partial charge in [-0.2, -0.15) is 0 Å². The fourth-order valence-corrected chi connectivity index (χ4v) is 6.22. The molecule has 3 unspecified atom stereocenters. The van der Waals surface area contributed by atoms with Crippen LogP contribution >= 0.6 is 0 Å². The first-order valence-electron chi connectivity index (χ1n) is 14.1. The molecule has 0 radical (unpaired) electrons. The first kappa shape index (κ1) is 25.2. The summed E-state index contributed by atoms with van der Waals surface area (Å²) < 4.78 is 13.0. The maximum absolute atomic E-state index is 6.49. The Kier molecular flexibility index (Phi) is 8.55. The molecule has 0 spiro atoms. The number of ether oxygens (including phenoxy) is 1. The van der Waals surface area contributed by atoms with Crippen LogP contribution in [0.2, 0.25) is 0 Å². The van der Waals surface area contributed by atoms with Gasteiger partial charge in [0.1, 0.15) is 5.76 Å². The van der Waals surface area contributed by atoms with Gasteiger partial charge in [-0.3, -0.25) is 4.90 Å². The van der Waals surface area contributed by atoms with Crippen molar-refractivity contribution in [3.8, 4) is 0 Å². The number of hydrogen-bond donors (Lipinski definition) is 0. The highest BCUT2D eigenvalue weighted by atomic mass is 16.5. The Bertz CT molecular complexity index is 1060. The van der Waals surface area contributed by atoms with Gasteiger partial charge in [0.05, 0.1) is 31.4 Å². The highest BCUT2D eigenvalue weighted by Gasteiger charge is 2.32. The van der Waals surface area contributed by atoms with Gasteiger partial charge in [-0.15, -0.1) is 0 Å². The van der Waals surface area contributed by atoms with Gasteiger partial charge in [-0.1, -0.05) is 92.8 Å². The number of oxazole rings is 1. The molecule has 2 aromatic carbocycles. The van der Waals surface area contributed by atoms with Crippen molar-refractivity contribution in [2.24, 2.45) is 11.8 Å². The van der Waals surface area contributed by atoms with E-state index in [2.05, 4.69) is 73.3 Å². The van der Waals surface area contributed by atoms with Crippen LogP contribution in [-0.2, 0) is 17.9 Å². The van der Waals surface area contributed by atoms with E-state index in [1.807, 2.05) is 6.20 Å². The summed E-state index contributed by atoms with van der Waals surface area (Å²) in [7, 11) is 0. The normalized spacial score (nSPS) is 22.5. The van der Waals surface area contributed by atoms with E-state index in [9.17, 15) is 0 Å². The summed E-state index contributed by atoms with van der Waals surface area (Å²) in [5, 5.41) is 0. The number of likely N-dealkylation sites (tertiary alicyclic amines) is 1. The molecule has 3 atom stereocenters. The lowest BCUT2D eigenvalue weighted by Crippen LogP contribution is -2.44. The van der Waals surface area contributed by atoms with E-state index in [1.165, 1.54) is 61.6 Å². The number of nitrogens with zero attached hydrogens (tertiary/aromatic N) is 2. The molecule has 2 aliphatic rings. The van der Waals surface area contributed by atoms with Gasteiger partial charge in [0.2, 0.25) is 5.89 Å². The molecule has 36 heavy (non-hydrogen) atoms. The molecular weight excluding hydrogens is 444 g/mol. The van der Waals surface area contributed by atoms with Gasteiger partial charge in [0.25, 0.3) is 0 Å². The molecule has 2 fully saturated rings. The Balaban J connectivity index is 1.24. The number of benzene rings is 2. The van der Waals surface area contributed by atoms with Gasteiger partial charge in [-0.05, 0) is 55.7 Å². The second-order valence-corrected chi connectivity index (χ2v) is 11.0. The van der Waals surface area contributed by atoms with Crippen molar-refractivity contribution in [2.45, 2.75) is 84.0 Å². The van der Waals surface area contributed by atoms with Crippen LogP contribution in [0.25, 0.3) is 0 Å². The quantitative estimate of drug-likeness (QED) is 0.314. The van der Waals surface area contributed by atoms with Crippen LogP contribution in [-0.4, -0.2) is 29.1 Å². The minimum atomic E-state index is 0.256. The van der Waals surface area contributed by atoms with Crippen LogP contribution in [0.5, 0.6) is 0 Å². The Morgan fingerprint density at radius 2 is 1.78 bits per heavy atom. The van der Waals surface area contributed by atoms with E-state index in [0.29, 0.717) is 18.4 Å². The Morgan fingerprint density at radius 3 is 2.53 bits per heavy atom. The molecule has 1 saturated heterocycles. The standard InChI is InChI=1S/C32H42N2O2/c1-3-26-18-19-34(22-30(26)35-23-25-16-14-24(2)15-17-25)21-29-20-33-32(36-29)31(27-10-6-4-7-11-27)28-12-8-5-9-13-28/h4,6-7,10-11,14-17,20,26,28,30-31H,3,5,8-9,12-13,18-19,21-23H2,1-2H3. The average molecular weight is 487 g/mol. The van der Waals surface area contributed by atoms with Gasteiger partial charge in [-0.25, -0.2) is 4.98 Å². The maximum Gasteiger partial charge on any atom is 0.202 e. The van der Waals surface area contributed by atoms with Crippen molar-refractivity contribution in [2.75, 3.05) is 13.1 Å². The molecule has 1 saturated carbocycles. The largest absolute Gasteiger partial charge is 0.444 e. The lowest BCUT2D eigenvalue weighted by Gasteiger charge is -2.37. The van der Waals surface area contributed by atoms with Crippen LogP contribution in [0.3, 0.4) is 0 Å². The molecule has 0 N–H and O–H groups in total. The molecule has 4 heteroatoms. The Labute approximate surface area is 217 Å². The summed E-state index contributed by atoms with van der Waals surface area (Å²) >= 11 is 0. The fourth-order valence-electron chi connectivity index (χ4n) is 6.22. The molecule has 2 heterocycles. The molecule has 0 bridgehead atoms. The molecule has 3 aromatic rings. The van der Waals surface area contributed by atoms with Crippen molar-refractivity contribution in [1.29, 1.82) is 0 Å². The van der Waals surface area contributed by atoms with E-state index in [0.717, 1.165) is 31.3 Å². The van der Waals surface area contributed by atoms with Crippen LogP contribution in [0.4, 0.5) is 0 Å². The summed E-state index contributed by atoms with van der Waals surface area (Å²) in [6, 6.07) is 19.6. The number of aromatic nitrogens is 1. The zero-order valence-electron chi connectivity index (χ0n) is 22.1. The van der Waals surface area contributed by atoms with Crippen molar-refractivity contribution < 1.29 is 9.15 Å². The maximum atomic E-state index is 6.49. The summed E-state index contributed by atoms with van der Waals surface area (Å²) in [5.41, 5.74) is 3.88. The second-order valence-electron chi connectivity index (χ2n) is 11.0. The SMILES string of the molecule is CCC1CCN(Cc2cnc(C(c3ccccc3)C3CCCCC3)o2)CC1OCc1ccc(C)cc1. The molecule has 192 valence electrons. The predicted octanol–water partition coefficient (Wildman–Crippen LogP) is 7.51. The van der Waals surface area contributed by atoms with Gasteiger partial charge in [0.15, 0.2) is 0 Å². The first-order valence-corrected chi connectivity index (χ1v) is 14.1. The lowest BCUT2D eigenvalue weighted by molar-refractivity contribution is -0.0504. The number of piperidine rings is 1. The monoisotopic (exact) mass is 486 g/mol. The smallest absolute Gasteiger partial charge is 0.202 e. The minimum absolute atomic E-state index is 0.256. The number of hydrogen-bond acceptors (Lipinski definition) is 4. The third kappa shape index (κ3) is 6.27. The van der Waals surface area contributed by atoms with Crippen LogP contribution < -0.4 is 0 Å². The molecule has 1 aromatic heterocycles. The van der Waals surface area contributed by atoms with Crippen LogP contribution in [0, 0.1) is 18.8 Å². The highest BCUT2D eigenvalue weighted by molar-refractivity contribution is 5.26. The Hall–Kier alpha value is -2.43. The van der Waals surface area contributed by atoms with Crippen molar-refractivity contribution in [1.82, 2.24) is 9.88 Å². The van der Waals surface area contributed by atoms with Gasteiger partial charge >= 0.3 is 0 Å². The average Bonchev–Trinajstić information content (AvgIpc) is 3.37. The molecule has 4 nitrogen and oxygen atoms in total.